The summed E-state index contributed by atoms with van der Waals surface area (Å²) < 4.78 is 58.2. The third kappa shape index (κ3) is 6.49. The van der Waals surface area contributed by atoms with Gasteiger partial charge in [-0.15, -0.1) is 0 Å². The SMILES string of the molecule is CS(=O)(=O)N[C@H]1CCCN(S(C)(=O)=O)[C@H]1CO[C@H]1CC[C@@H](c2ccccc2)CC1. The van der Waals surface area contributed by atoms with Crippen LogP contribution >= 0.6 is 0 Å². The van der Waals surface area contributed by atoms with Crippen LogP contribution < -0.4 is 4.72 Å². The number of benzene rings is 1. The summed E-state index contributed by atoms with van der Waals surface area (Å²) in [6.45, 7) is 0.608. The lowest BCUT2D eigenvalue weighted by atomic mass is 9.83. The maximum atomic E-state index is 12.3. The molecule has 1 aromatic carbocycles. The Balaban J connectivity index is 1.61. The highest BCUT2D eigenvalue weighted by Crippen LogP contribution is 2.34. The second-order valence-corrected chi connectivity index (χ2v) is 12.0. The van der Waals surface area contributed by atoms with Crippen molar-refractivity contribution >= 4 is 20.0 Å². The van der Waals surface area contributed by atoms with E-state index in [4.69, 9.17) is 4.74 Å². The zero-order valence-electron chi connectivity index (χ0n) is 17.2. The third-order valence-corrected chi connectivity index (χ3v) is 8.00. The van der Waals surface area contributed by atoms with Crippen LogP contribution in [0.5, 0.6) is 0 Å². The molecule has 0 radical (unpaired) electrons. The molecular weight excluding hydrogens is 412 g/mol. The van der Waals surface area contributed by atoms with Crippen molar-refractivity contribution in [1.82, 2.24) is 9.03 Å². The summed E-state index contributed by atoms with van der Waals surface area (Å²) in [6, 6.07) is 9.51. The molecule has 0 spiro atoms. The summed E-state index contributed by atoms with van der Waals surface area (Å²) in [5.41, 5.74) is 1.36. The number of ether oxygens (including phenoxy) is 1. The van der Waals surface area contributed by atoms with Crippen LogP contribution in [0.3, 0.4) is 0 Å². The molecule has 2 aliphatic rings. The summed E-state index contributed by atoms with van der Waals surface area (Å²) in [5, 5.41) is 0. The van der Waals surface area contributed by atoms with Gasteiger partial charge in [-0.2, -0.15) is 4.31 Å². The standard InChI is InChI=1S/C20H32N2O5S2/c1-28(23,24)21-19-9-6-14-22(29(2,25)26)20(19)15-27-18-12-10-17(11-13-18)16-7-4-3-5-8-16/h3-5,7-8,17-21H,6,9-15H2,1-2H3/t17-,18+,19-,20-/m0/s1. The minimum Gasteiger partial charge on any atom is -0.376 e. The fourth-order valence-corrected chi connectivity index (χ4v) is 6.56. The molecule has 2 atom stereocenters. The zero-order valence-corrected chi connectivity index (χ0v) is 18.8. The molecule has 1 heterocycles. The first-order chi connectivity index (χ1) is 13.6. The number of rotatable bonds is 7. The van der Waals surface area contributed by atoms with Gasteiger partial charge in [-0.05, 0) is 50.0 Å². The largest absolute Gasteiger partial charge is 0.376 e. The molecule has 9 heteroatoms. The predicted molar refractivity (Wildman–Crippen MR) is 114 cm³/mol. The lowest BCUT2D eigenvalue weighted by Crippen LogP contribution is -2.58. The summed E-state index contributed by atoms with van der Waals surface area (Å²) in [7, 11) is -6.88. The Hall–Kier alpha value is -1.00. The Bertz CT molecular complexity index is 865. The molecule has 164 valence electrons. The van der Waals surface area contributed by atoms with Crippen molar-refractivity contribution in [2.45, 2.75) is 62.6 Å². The van der Waals surface area contributed by atoms with Gasteiger partial charge < -0.3 is 4.74 Å². The van der Waals surface area contributed by atoms with E-state index in [2.05, 4.69) is 29.0 Å². The number of nitrogens with zero attached hydrogens (tertiary/aromatic N) is 1. The van der Waals surface area contributed by atoms with Gasteiger partial charge in [0, 0.05) is 12.6 Å². The van der Waals surface area contributed by atoms with Gasteiger partial charge in [-0.3, -0.25) is 0 Å². The average molecular weight is 445 g/mol. The van der Waals surface area contributed by atoms with Crippen LogP contribution in [0.4, 0.5) is 0 Å². The summed E-state index contributed by atoms with van der Waals surface area (Å²) in [6.07, 6.45) is 7.53. The zero-order chi connectivity index (χ0) is 21.1. The number of hydrogen-bond donors (Lipinski definition) is 1. The highest BCUT2D eigenvalue weighted by atomic mass is 32.2. The molecule has 29 heavy (non-hydrogen) atoms. The number of piperidine rings is 1. The van der Waals surface area contributed by atoms with Gasteiger partial charge in [-0.1, -0.05) is 30.3 Å². The molecule has 0 aromatic heterocycles. The second kappa shape index (κ2) is 9.43. The van der Waals surface area contributed by atoms with Crippen LogP contribution in [0.15, 0.2) is 30.3 Å². The quantitative estimate of drug-likeness (QED) is 0.695. The fourth-order valence-electron chi connectivity index (χ4n) is 4.57. The van der Waals surface area contributed by atoms with Crippen molar-refractivity contribution in [2.24, 2.45) is 0 Å². The van der Waals surface area contributed by atoms with Crippen molar-refractivity contribution in [2.75, 3.05) is 25.7 Å². The van der Waals surface area contributed by atoms with Crippen molar-refractivity contribution in [3.8, 4) is 0 Å². The van der Waals surface area contributed by atoms with E-state index in [0.717, 1.165) is 31.9 Å². The summed E-state index contributed by atoms with van der Waals surface area (Å²) >= 11 is 0. The summed E-state index contributed by atoms with van der Waals surface area (Å²) in [5.74, 6) is 0.540. The molecule has 0 amide bonds. The molecule has 1 aromatic rings. The molecule has 1 saturated heterocycles. The lowest BCUT2D eigenvalue weighted by Gasteiger charge is -2.40. The van der Waals surface area contributed by atoms with Crippen molar-refractivity contribution < 1.29 is 21.6 Å². The Morgan fingerprint density at radius 1 is 1.00 bits per heavy atom. The van der Waals surface area contributed by atoms with E-state index in [1.54, 1.807) is 0 Å². The minimum absolute atomic E-state index is 0.0807. The highest BCUT2D eigenvalue weighted by molar-refractivity contribution is 7.89. The molecule has 1 saturated carbocycles. The molecule has 0 unspecified atom stereocenters. The second-order valence-electron chi connectivity index (χ2n) is 8.30. The van der Waals surface area contributed by atoms with Crippen molar-refractivity contribution in [3.63, 3.8) is 0 Å². The van der Waals surface area contributed by atoms with E-state index in [0.29, 0.717) is 25.3 Å². The van der Waals surface area contributed by atoms with Crippen molar-refractivity contribution in [1.29, 1.82) is 0 Å². The fraction of sp³-hybridized carbons (Fsp3) is 0.700. The smallest absolute Gasteiger partial charge is 0.211 e. The van der Waals surface area contributed by atoms with Gasteiger partial charge in [0.25, 0.3) is 0 Å². The van der Waals surface area contributed by atoms with Crippen LogP contribution in [0, 0.1) is 0 Å². The van der Waals surface area contributed by atoms with E-state index in [1.807, 2.05) is 6.07 Å². The molecule has 0 bridgehead atoms. The van der Waals surface area contributed by atoms with Crippen molar-refractivity contribution in [3.05, 3.63) is 35.9 Å². The molecule has 2 fully saturated rings. The third-order valence-electron chi connectivity index (χ3n) is 5.97. The Morgan fingerprint density at radius 3 is 2.24 bits per heavy atom. The van der Waals surface area contributed by atoms with Gasteiger partial charge in [-0.25, -0.2) is 21.6 Å². The first-order valence-electron chi connectivity index (χ1n) is 10.2. The first-order valence-corrected chi connectivity index (χ1v) is 14.0. The number of hydrogen-bond acceptors (Lipinski definition) is 5. The van der Waals surface area contributed by atoms with E-state index in [9.17, 15) is 16.8 Å². The van der Waals surface area contributed by atoms with Gasteiger partial charge in [0.15, 0.2) is 0 Å². The van der Waals surface area contributed by atoms with Gasteiger partial charge in [0.05, 0.1) is 31.3 Å². The lowest BCUT2D eigenvalue weighted by molar-refractivity contribution is -0.00957. The van der Waals surface area contributed by atoms with E-state index in [1.165, 1.54) is 16.1 Å². The van der Waals surface area contributed by atoms with Crippen LogP contribution in [0.1, 0.15) is 50.0 Å². The molecule has 1 aliphatic carbocycles. The van der Waals surface area contributed by atoms with E-state index >= 15 is 0 Å². The van der Waals surface area contributed by atoms with Crippen LogP contribution in [0.25, 0.3) is 0 Å². The monoisotopic (exact) mass is 444 g/mol. The molecule has 3 rings (SSSR count). The number of nitrogens with one attached hydrogen (secondary N) is 1. The Kier molecular flexibility index (Phi) is 7.37. The minimum atomic E-state index is -3.44. The molecular formula is C20H32N2O5S2. The van der Waals surface area contributed by atoms with Gasteiger partial charge in [0.1, 0.15) is 0 Å². The molecule has 1 aliphatic heterocycles. The Labute approximate surface area is 174 Å². The molecule has 1 N–H and O–H groups in total. The molecule has 7 nitrogen and oxygen atoms in total. The van der Waals surface area contributed by atoms with Gasteiger partial charge in [0.2, 0.25) is 20.0 Å². The van der Waals surface area contributed by atoms with Crippen LogP contribution in [-0.4, -0.2) is 65.0 Å². The average Bonchev–Trinajstić information content (AvgIpc) is 2.66. The van der Waals surface area contributed by atoms with E-state index < -0.39 is 32.1 Å². The Morgan fingerprint density at radius 2 is 1.66 bits per heavy atom. The maximum Gasteiger partial charge on any atom is 0.211 e. The maximum absolute atomic E-state index is 12.3. The van der Waals surface area contributed by atoms with Crippen LogP contribution in [-0.2, 0) is 24.8 Å². The van der Waals surface area contributed by atoms with Crippen LogP contribution in [0.2, 0.25) is 0 Å². The normalized spacial score (nSPS) is 29.6. The van der Waals surface area contributed by atoms with Gasteiger partial charge >= 0.3 is 0 Å². The van der Waals surface area contributed by atoms with E-state index in [-0.39, 0.29) is 12.7 Å². The topological polar surface area (TPSA) is 92.8 Å². The first kappa shape index (κ1) is 22.7. The number of sulfonamides is 2. The highest BCUT2D eigenvalue weighted by Gasteiger charge is 2.38. The summed E-state index contributed by atoms with van der Waals surface area (Å²) in [4.78, 5) is 0. The predicted octanol–water partition coefficient (Wildman–Crippen LogP) is 2.07.